The Kier molecular flexibility index (Phi) is 8.27. The molecule has 1 atom stereocenters. The fraction of sp³-hybridized carbons (Fsp3) is 0.103. The third-order valence-electron chi connectivity index (χ3n) is 13.3. The molecule has 59 heavy (non-hydrogen) atoms. The fourth-order valence-corrected chi connectivity index (χ4v) is 10.4. The van der Waals surface area contributed by atoms with Crippen molar-refractivity contribution in [3.63, 3.8) is 0 Å². The van der Waals surface area contributed by atoms with E-state index < -0.39 is 5.41 Å². The van der Waals surface area contributed by atoms with Gasteiger partial charge in [0.25, 0.3) is 0 Å². The summed E-state index contributed by atoms with van der Waals surface area (Å²) >= 11 is 0. The van der Waals surface area contributed by atoms with E-state index >= 15 is 0 Å². The number of rotatable bonds is 7. The molecule has 0 bridgehead atoms. The molecule has 0 fully saturated rings. The zero-order valence-corrected chi connectivity index (χ0v) is 33.6. The van der Waals surface area contributed by atoms with Crippen LogP contribution >= 0.6 is 0 Å². The molecule has 282 valence electrons. The van der Waals surface area contributed by atoms with Crippen LogP contribution in [0.15, 0.2) is 218 Å². The molecule has 0 saturated carbocycles. The summed E-state index contributed by atoms with van der Waals surface area (Å²) in [6.45, 7) is 4.74. The normalized spacial score (nSPS) is 16.7. The van der Waals surface area contributed by atoms with Gasteiger partial charge in [-0.25, -0.2) is 0 Å². The van der Waals surface area contributed by atoms with Gasteiger partial charge in [-0.3, -0.25) is 0 Å². The second-order valence-electron chi connectivity index (χ2n) is 16.8. The summed E-state index contributed by atoms with van der Waals surface area (Å²) in [5.41, 5.74) is 21.3. The Labute approximate surface area is 348 Å². The van der Waals surface area contributed by atoms with Crippen LogP contribution in [0.1, 0.15) is 54.5 Å². The smallest absolute Gasteiger partial charge is 0.0677 e. The van der Waals surface area contributed by atoms with E-state index in [9.17, 15) is 0 Å². The largest absolute Gasteiger partial charge is 0.310 e. The molecule has 0 N–H and O–H groups in total. The molecule has 3 aliphatic rings. The lowest BCUT2D eigenvalue weighted by atomic mass is 9.65. The predicted octanol–water partition coefficient (Wildman–Crippen LogP) is 15.4. The van der Waals surface area contributed by atoms with Gasteiger partial charge in [-0.2, -0.15) is 0 Å². The van der Waals surface area contributed by atoms with Gasteiger partial charge in [0, 0.05) is 22.5 Å². The van der Waals surface area contributed by atoms with Gasteiger partial charge in [0.2, 0.25) is 0 Å². The van der Waals surface area contributed by atoms with Gasteiger partial charge >= 0.3 is 0 Å². The maximum atomic E-state index is 2.50. The second kappa shape index (κ2) is 13.9. The third kappa shape index (κ3) is 5.53. The van der Waals surface area contributed by atoms with E-state index in [0.29, 0.717) is 0 Å². The van der Waals surface area contributed by atoms with Crippen molar-refractivity contribution in [1.29, 1.82) is 0 Å². The SMILES string of the molecule is CC1(C)c2ccccc2-c2ccc(N(c3ccc(-c4ccc(-c5ccccc5)cc4)cc3)c3ccc4c(c3)C(C3=CC=CCC3)(c3ccccc3)c3ccccc3-4)cc21. The number of fused-ring (bicyclic) bond motifs is 6. The molecule has 3 aliphatic carbocycles. The molecular formula is C58H45N. The molecule has 8 aromatic carbocycles. The molecule has 1 nitrogen and oxygen atoms in total. The predicted molar refractivity (Wildman–Crippen MR) is 248 cm³/mol. The van der Waals surface area contributed by atoms with E-state index in [1.54, 1.807) is 0 Å². The molecule has 1 unspecified atom stereocenters. The van der Waals surface area contributed by atoms with Crippen LogP contribution in [0.25, 0.3) is 44.5 Å². The zero-order chi connectivity index (χ0) is 39.6. The van der Waals surface area contributed by atoms with Crippen LogP contribution in [-0.2, 0) is 10.8 Å². The second-order valence-corrected chi connectivity index (χ2v) is 16.8. The topological polar surface area (TPSA) is 3.24 Å². The first-order valence-corrected chi connectivity index (χ1v) is 21.0. The van der Waals surface area contributed by atoms with E-state index in [1.165, 1.54) is 77.9 Å². The van der Waals surface area contributed by atoms with Gasteiger partial charge in [0.15, 0.2) is 0 Å². The van der Waals surface area contributed by atoms with Gasteiger partial charge in [-0.1, -0.05) is 195 Å². The van der Waals surface area contributed by atoms with Crippen molar-refractivity contribution < 1.29 is 0 Å². The van der Waals surface area contributed by atoms with Crippen molar-refractivity contribution in [2.24, 2.45) is 0 Å². The van der Waals surface area contributed by atoms with E-state index in [0.717, 1.165) is 29.9 Å². The van der Waals surface area contributed by atoms with Crippen molar-refractivity contribution >= 4 is 17.1 Å². The third-order valence-corrected chi connectivity index (χ3v) is 13.3. The summed E-state index contributed by atoms with van der Waals surface area (Å²) in [6, 6.07) is 72.3. The van der Waals surface area contributed by atoms with Crippen molar-refractivity contribution in [2.45, 2.75) is 37.5 Å². The number of allylic oxidation sites excluding steroid dienone is 4. The number of hydrogen-bond acceptors (Lipinski definition) is 1. The molecule has 0 aliphatic heterocycles. The Bertz CT molecular complexity index is 2930. The summed E-state index contributed by atoms with van der Waals surface area (Å²) in [7, 11) is 0. The highest BCUT2D eigenvalue weighted by Gasteiger charge is 2.47. The molecular weight excluding hydrogens is 711 g/mol. The molecule has 0 spiro atoms. The average molecular weight is 756 g/mol. The monoisotopic (exact) mass is 755 g/mol. The lowest BCUT2D eigenvalue weighted by Crippen LogP contribution is -2.30. The van der Waals surface area contributed by atoms with Crippen LogP contribution in [0.5, 0.6) is 0 Å². The molecule has 1 heteroatoms. The van der Waals surface area contributed by atoms with Crippen LogP contribution in [0, 0.1) is 0 Å². The van der Waals surface area contributed by atoms with E-state index in [-0.39, 0.29) is 5.41 Å². The van der Waals surface area contributed by atoms with E-state index in [2.05, 4.69) is 231 Å². The standard InChI is InChI=1S/C58H45N/c1-57(2)53-24-14-12-22-49(53)51-36-34-47(38-55(51)57)59(46-32-30-43(31-33-46)42-28-26-41(27-29-42)40-16-6-3-7-17-40)48-35-37-52-50-23-13-15-25-54(50)58(56(52)39-48,44-18-8-4-9-19-44)45-20-10-5-11-21-45/h3-10,12-20,22-39H,11,21H2,1-2H3. The first-order chi connectivity index (χ1) is 29.0. The number of anilines is 3. The average Bonchev–Trinajstić information content (AvgIpc) is 3.73. The molecule has 0 aromatic heterocycles. The molecule has 0 radical (unpaired) electrons. The minimum absolute atomic E-state index is 0.119. The highest BCUT2D eigenvalue weighted by atomic mass is 15.1. The minimum Gasteiger partial charge on any atom is -0.310 e. The Hall–Kier alpha value is -6.96. The van der Waals surface area contributed by atoms with Crippen LogP contribution < -0.4 is 4.90 Å². The first kappa shape index (κ1) is 35.2. The molecule has 11 rings (SSSR count). The van der Waals surface area contributed by atoms with Crippen LogP contribution in [-0.4, -0.2) is 0 Å². The highest BCUT2D eigenvalue weighted by molar-refractivity contribution is 5.91. The van der Waals surface area contributed by atoms with Crippen molar-refractivity contribution in [1.82, 2.24) is 0 Å². The van der Waals surface area contributed by atoms with Crippen LogP contribution in [0.4, 0.5) is 17.1 Å². The summed E-state index contributed by atoms with van der Waals surface area (Å²) in [4.78, 5) is 2.48. The van der Waals surface area contributed by atoms with Crippen molar-refractivity contribution in [2.75, 3.05) is 4.90 Å². The maximum absolute atomic E-state index is 2.50. The minimum atomic E-state index is -0.406. The Morgan fingerprint density at radius 1 is 0.407 bits per heavy atom. The lowest BCUT2D eigenvalue weighted by Gasteiger charge is -2.37. The highest BCUT2D eigenvalue weighted by Crippen LogP contribution is 2.59. The van der Waals surface area contributed by atoms with Gasteiger partial charge in [0.05, 0.1) is 5.41 Å². The summed E-state index contributed by atoms with van der Waals surface area (Å²) in [6.07, 6.45) is 9.01. The summed E-state index contributed by atoms with van der Waals surface area (Å²) in [5, 5.41) is 0. The summed E-state index contributed by atoms with van der Waals surface area (Å²) in [5.74, 6) is 0. The number of hydrogen-bond donors (Lipinski definition) is 0. The molecule has 0 heterocycles. The van der Waals surface area contributed by atoms with Gasteiger partial charge in [-0.05, 0) is 122 Å². The van der Waals surface area contributed by atoms with Gasteiger partial charge < -0.3 is 4.90 Å². The molecule has 0 saturated heterocycles. The first-order valence-electron chi connectivity index (χ1n) is 21.0. The lowest BCUT2D eigenvalue weighted by molar-refractivity contribution is 0.660. The number of benzene rings is 8. The Morgan fingerprint density at radius 3 is 1.51 bits per heavy atom. The van der Waals surface area contributed by atoms with Crippen molar-refractivity contribution in [3.05, 3.63) is 246 Å². The van der Waals surface area contributed by atoms with Crippen LogP contribution in [0.3, 0.4) is 0 Å². The Morgan fingerprint density at radius 2 is 0.881 bits per heavy atom. The van der Waals surface area contributed by atoms with Gasteiger partial charge in [-0.15, -0.1) is 0 Å². The molecule has 8 aromatic rings. The Balaban J connectivity index is 1.09. The van der Waals surface area contributed by atoms with Gasteiger partial charge in [0.1, 0.15) is 0 Å². The number of nitrogens with zero attached hydrogens (tertiary/aromatic N) is 1. The van der Waals surface area contributed by atoms with E-state index in [4.69, 9.17) is 0 Å². The van der Waals surface area contributed by atoms with E-state index in [1.807, 2.05) is 0 Å². The quantitative estimate of drug-likeness (QED) is 0.157. The van der Waals surface area contributed by atoms with Crippen molar-refractivity contribution in [3.8, 4) is 44.5 Å². The fourth-order valence-electron chi connectivity index (χ4n) is 10.4. The molecule has 0 amide bonds. The van der Waals surface area contributed by atoms with Crippen LogP contribution in [0.2, 0.25) is 0 Å². The summed E-state index contributed by atoms with van der Waals surface area (Å²) < 4.78 is 0. The maximum Gasteiger partial charge on any atom is 0.0677 e. The zero-order valence-electron chi connectivity index (χ0n) is 33.6.